The Morgan fingerprint density at radius 3 is 2.48 bits per heavy atom. The van der Waals surface area contributed by atoms with Crippen molar-refractivity contribution < 1.29 is 18.6 Å². The summed E-state index contributed by atoms with van der Waals surface area (Å²) in [5.74, 6) is 2.36. The van der Waals surface area contributed by atoms with E-state index in [4.69, 9.17) is 23.7 Å². The van der Waals surface area contributed by atoms with E-state index >= 15 is 0 Å². The van der Waals surface area contributed by atoms with Gasteiger partial charge in [-0.05, 0) is 31.2 Å². The minimum atomic E-state index is 0.491. The fraction of sp³-hybridized carbons (Fsp3) is 0.238. The maximum absolute atomic E-state index is 5.49. The van der Waals surface area contributed by atoms with E-state index in [0.717, 1.165) is 21.8 Å². The Morgan fingerprint density at radius 2 is 1.93 bits per heavy atom. The van der Waals surface area contributed by atoms with Crippen molar-refractivity contribution in [1.29, 1.82) is 0 Å². The molecule has 0 aliphatic rings. The molecule has 0 saturated heterocycles. The molecule has 29 heavy (non-hydrogen) atoms. The van der Waals surface area contributed by atoms with Crippen molar-refractivity contribution in [2.45, 2.75) is 6.92 Å². The first-order valence-electron chi connectivity index (χ1n) is 8.84. The molecule has 2 aromatic heterocycles. The fourth-order valence-electron chi connectivity index (χ4n) is 2.76. The number of nitrogens with zero attached hydrogens (tertiary/aromatic N) is 3. The van der Waals surface area contributed by atoms with E-state index in [1.807, 2.05) is 36.6 Å². The van der Waals surface area contributed by atoms with Gasteiger partial charge in [0.15, 0.2) is 11.5 Å². The molecule has 1 aromatic carbocycles. The molecule has 152 valence electrons. The summed E-state index contributed by atoms with van der Waals surface area (Å²) in [4.78, 5) is 5.30. The van der Waals surface area contributed by atoms with Gasteiger partial charge in [0.2, 0.25) is 10.6 Å². The van der Waals surface area contributed by atoms with Crippen LogP contribution in [0.5, 0.6) is 17.2 Å². The van der Waals surface area contributed by atoms with Gasteiger partial charge in [-0.15, -0.1) is 17.9 Å². The molecule has 3 rings (SSSR count). The molecule has 0 fully saturated rings. The van der Waals surface area contributed by atoms with Crippen LogP contribution in [0.3, 0.4) is 0 Å². The highest BCUT2D eigenvalue weighted by Crippen LogP contribution is 2.41. The molecule has 8 heteroatoms. The summed E-state index contributed by atoms with van der Waals surface area (Å²) in [6, 6.07) is 7.46. The number of rotatable bonds is 8. The average Bonchev–Trinajstić information content (AvgIpc) is 3.41. The zero-order valence-corrected chi connectivity index (χ0v) is 17.7. The predicted octanol–water partition coefficient (Wildman–Crippen LogP) is 4.19. The Morgan fingerprint density at radius 1 is 1.21 bits per heavy atom. The third-order valence-corrected chi connectivity index (χ3v) is 4.98. The van der Waals surface area contributed by atoms with Crippen molar-refractivity contribution in [1.82, 2.24) is 4.68 Å². The zero-order chi connectivity index (χ0) is 20.8. The number of ether oxygens (including phenoxy) is 3. The standard InChI is InChI=1S/C21H23N3O4S/c1-6-9-22-21-24(23-14(2)17-8-7-10-28-17)16(13-29-21)15-11-18(25-3)20(27-5)19(12-15)26-4/h6-8,10-13H,1,9H2,2-5H3. The number of furan rings is 1. The van der Waals surface area contributed by atoms with Crippen LogP contribution in [0.1, 0.15) is 12.7 Å². The largest absolute Gasteiger partial charge is 0.493 e. The molecule has 0 N–H and O–H groups in total. The van der Waals surface area contributed by atoms with Gasteiger partial charge in [0.05, 0.1) is 39.8 Å². The molecule has 0 amide bonds. The lowest BCUT2D eigenvalue weighted by molar-refractivity contribution is 0.324. The molecule has 0 unspecified atom stereocenters. The molecule has 0 aliphatic heterocycles. The maximum Gasteiger partial charge on any atom is 0.206 e. The molecule has 0 aliphatic carbocycles. The Kier molecular flexibility index (Phi) is 6.56. The van der Waals surface area contributed by atoms with Crippen LogP contribution in [-0.4, -0.2) is 38.3 Å². The molecule has 0 radical (unpaired) electrons. The SMILES string of the molecule is C=CCN=c1scc(-c2cc(OC)c(OC)c(OC)c2)n1N=C(C)c1ccco1. The van der Waals surface area contributed by atoms with E-state index in [1.165, 1.54) is 11.3 Å². The lowest BCUT2D eigenvalue weighted by atomic mass is 10.1. The lowest BCUT2D eigenvalue weighted by Gasteiger charge is -2.14. The average molecular weight is 413 g/mol. The van der Waals surface area contributed by atoms with Crippen LogP contribution < -0.4 is 19.0 Å². The normalized spacial score (nSPS) is 12.1. The molecule has 2 heterocycles. The number of benzene rings is 1. The number of thiazole rings is 1. The topological polar surface area (TPSA) is 70.5 Å². The van der Waals surface area contributed by atoms with Crippen molar-refractivity contribution in [2.24, 2.45) is 10.1 Å². The second kappa shape index (κ2) is 9.29. The Balaban J connectivity index is 2.22. The highest BCUT2D eigenvalue weighted by molar-refractivity contribution is 7.07. The van der Waals surface area contributed by atoms with E-state index < -0.39 is 0 Å². The third-order valence-electron chi connectivity index (χ3n) is 4.13. The minimum absolute atomic E-state index is 0.491. The number of aromatic nitrogens is 1. The van der Waals surface area contributed by atoms with Crippen LogP contribution in [-0.2, 0) is 0 Å². The van der Waals surface area contributed by atoms with Gasteiger partial charge in [-0.2, -0.15) is 5.10 Å². The van der Waals surface area contributed by atoms with Gasteiger partial charge in [-0.25, -0.2) is 4.68 Å². The lowest BCUT2D eigenvalue weighted by Crippen LogP contribution is -2.14. The Hall–Kier alpha value is -3.26. The van der Waals surface area contributed by atoms with Crippen molar-refractivity contribution >= 4 is 17.0 Å². The molecule has 0 bridgehead atoms. The van der Waals surface area contributed by atoms with Crippen LogP contribution in [0.25, 0.3) is 11.3 Å². The van der Waals surface area contributed by atoms with Gasteiger partial charge in [-0.3, -0.25) is 4.99 Å². The molecular weight excluding hydrogens is 390 g/mol. The predicted molar refractivity (Wildman–Crippen MR) is 114 cm³/mol. The third kappa shape index (κ3) is 4.27. The maximum atomic E-state index is 5.49. The van der Waals surface area contributed by atoms with E-state index in [1.54, 1.807) is 38.3 Å². The van der Waals surface area contributed by atoms with Crippen molar-refractivity contribution in [3.05, 3.63) is 59.1 Å². The minimum Gasteiger partial charge on any atom is -0.493 e. The summed E-state index contributed by atoms with van der Waals surface area (Å²) in [6.07, 6.45) is 3.36. The molecule has 7 nitrogen and oxygen atoms in total. The van der Waals surface area contributed by atoms with Crippen LogP contribution in [0.15, 0.2) is 63.1 Å². The van der Waals surface area contributed by atoms with Gasteiger partial charge in [0.25, 0.3) is 0 Å². The smallest absolute Gasteiger partial charge is 0.206 e. The Bertz CT molecular complexity index is 1050. The summed E-state index contributed by atoms with van der Waals surface area (Å²) in [5, 5.41) is 6.74. The van der Waals surface area contributed by atoms with E-state index in [-0.39, 0.29) is 0 Å². The van der Waals surface area contributed by atoms with E-state index in [9.17, 15) is 0 Å². The first-order valence-corrected chi connectivity index (χ1v) is 9.72. The molecular formula is C21H23N3O4S. The van der Waals surface area contributed by atoms with Crippen LogP contribution in [0, 0.1) is 0 Å². The van der Waals surface area contributed by atoms with Crippen molar-refractivity contribution in [3.63, 3.8) is 0 Å². The first-order chi connectivity index (χ1) is 14.1. The quantitative estimate of drug-likeness (QED) is 0.410. The van der Waals surface area contributed by atoms with E-state index in [2.05, 4.69) is 11.6 Å². The summed E-state index contributed by atoms with van der Waals surface area (Å²) < 4.78 is 23.7. The zero-order valence-electron chi connectivity index (χ0n) is 16.8. The summed E-state index contributed by atoms with van der Waals surface area (Å²) in [5.41, 5.74) is 2.41. The molecule has 0 atom stereocenters. The molecule has 0 saturated carbocycles. The molecule has 3 aromatic rings. The second-order valence-corrected chi connectivity index (χ2v) is 6.76. The van der Waals surface area contributed by atoms with Gasteiger partial charge in [0.1, 0.15) is 11.5 Å². The first kappa shape index (κ1) is 20.5. The van der Waals surface area contributed by atoms with Gasteiger partial charge < -0.3 is 18.6 Å². The summed E-state index contributed by atoms with van der Waals surface area (Å²) >= 11 is 1.48. The van der Waals surface area contributed by atoms with E-state index in [0.29, 0.717) is 29.6 Å². The highest BCUT2D eigenvalue weighted by atomic mass is 32.1. The number of methoxy groups -OCH3 is 3. The van der Waals surface area contributed by atoms with Crippen molar-refractivity contribution in [2.75, 3.05) is 27.9 Å². The summed E-state index contributed by atoms with van der Waals surface area (Å²) in [6.45, 7) is 6.12. The van der Waals surface area contributed by atoms with Gasteiger partial charge >= 0.3 is 0 Å². The monoisotopic (exact) mass is 413 g/mol. The van der Waals surface area contributed by atoms with Gasteiger partial charge in [-0.1, -0.05) is 6.08 Å². The van der Waals surface area contributed by atoms with Gasteiger partial charge in [0, 0.05) is 10.9 Å². The highest BCUT2D eigenvalue weighted by Gasteiger charge is 2.17. The van der Waals surface area contributed by atoms with Crippen LogP contribution in [0.2, 0.25) is 0 Å². The summed E-state index contributed by atoms with van der Waals surface area (Å²) in [7, 11) is 4.76. The number of hydrogen-bond acceptors (Lipinski definition) is 7. The van der Waals surface area contributed by atoms with Crippen LogP contribution >= 0.6 is 11.3 Å². The fourth-order valence-corrected chi connectivity index (χ4v) is 3.60. The Labute approximate surface area is 173 Å². The molecule has 0 spiro atoms. The second-order valence-electron chi connectivity index (χ2n) is 5.92. The van der Waals surface area contributed by atoms with Crippen LogP contribution in [0.4, 0.5) is 0 Å². The number of hydrogen-bond donors (Lipinski definition) is 0. The van der Waals surface area contributed by atoms with Crippen molar-refractivity contribution in [3.8, 4) is 28.5 Å².